The van der Waals surface area contributed by atoms with E-state index in [9.17, 15) is 0 Å². The number of nitrogens with one attached hydrogen (secondary N) is 1. The highest BCUT2D eigenvalue weighted by Gasteiger charge is 2.08. The second-order valence-corrected chi connectivity index (χ2v) is 7.39. The number of benzene rings is 3. The monoisotopic (exact) mass is 468 g/mol. The molecule has 0 atom stereocenters. The second kappa shape index (κ2) is 10.1. The van der Waals surface area contributed by atoms with Gasteiger partial charge in [0.2, 0.25) is 0 Å². The molecule has 10 heteroatoms. The summed E-state index contributed by atoms with van der Waals surface area (Å²) >= 11 is 12.0. The summed E-state index contributed by atoms with van der Waals surface area (Å²) in [6.45, 7) is 0.319. The highest BCUT2D eigenvalue weighted by Crippen LogP contribution is 2.29. The molecule has 0 bridgehead atoms. The number of aromatic nitrogens is 4. The lowest BCUT2D eigenvalue weighted by Gasteiger charge is -2.11. The SMILES string of the molecule is COc1cc(C=Nn2nnnc2Nc2ccccc2)ccc1OCc1ccc(Cl)c(Cl)c1. The van der Waals surface area contributed by atoms with Gasteiger partial charge in [0.15, 0.2) is 11.5 Å². The lowest BCUT2D eigenvalue weighted by molar-refractivity contribution is 0.284. The minimum absolute atomic E-state index is 0.319. The number of rotatable bonds is 8. The van der Waals surface area contributed by atoms with Gasteiger partial charge in [-0.05, 0) is 64.0 Å². The third kappa shape index (κ3) is 5.35. The van der Waals surface area contributed by atoms with Gasteiger partial charge in [-0.25, -0.2) is 0 Å². The topological polar surface area (TPSA) is 86.5 Å². The molecule has 0 fully saturated rings. The standard InChI is InChI=1S/C22H18Cl2N6O2/c1-31-21-12-15(8-10-20(21)32-14-16-7-9-18(23)19(24)11-16)13-25-30-22(27-28-29-30)26-17-5-3-2-4-6-17/h2-13H,14H2,1H3,(H,26,27,29). The van der Waals surface area contributed by atoms with Crippen molar-refractivity contribution in [2.24, 2.45) is 5.10 Å². The van der Waals surface area contributed by atoms with Crippen LogP contribution in [0, 0.1) is 0 Å². The van der Waals surface area contributed by atoms with Crippen LogP contribution in [0.1, 0.15) is 11.1 Å². The third-order valence-electron chi connectivity index (χ3n) is 4.37. The molecule has 0 amide bonds. The predicted octanol–water partition coefficient (Wildman–Crippen LogP) is 5.19. The molecule has 4 rings (SSSR count). The van der Waals surface area contributed by atoms with Gasteiger partial charge < -0.3 is 14.8 Å². The normalized spacial score (nSPS) is 11.0. The fourth-order valence-electron chi connectivity index (χ4n) is 2.78. The Balaban J connectivity index is 1.45. The van der Waals surface area contributed by atoms with Crippen LogP contribution in [-0.2, 0) is 6.61 Å². The van der Waals surface area contributed by atoms with Gasteiger partial charge in [0.25, 0.3) is 5.95 Å². The van der Waals surface area contributed by atoms with Gasteiger partial charge in [-0.15, -0.1) is 0 Å². The van der Waals surface area contributed by atoms with E-state index in [1.807, 2.05) is 48.5 Å². The van der Waals surface area contributed by atoms with Crippen LogP contribution in [0.2, 0.25) is 10.0 Å². The van der Waals surface area contributed by atoms with Gasteiger partial charge in [-0.3, -0.25) is 0 Å². The zero-order valence-electron chi connectivity index (χ0n) is 16.9. The van der Waals surface area contributed by atoms with E-state index in [0.717, 1.165) is 16.8 Å². The Labute approximate surface area is 194 Å². The number of anilines is 2. The number of hydrogen-bond acceptors (Lipinski definition) is 7. The maximum Gasteiger partial charge on any atom is 0.269 e. The summed E-state index contributed by atoms with van der Waals surface area (Å²) in [6.07, 6.45) is 1.62. The average Bonchev–Trinajstić information content (AvgIpc) is 3.26. The van der Waals surface area contributed by atoms with Crippen molar-refractivity contribution >= 4 is 41.1 Å². The highest BCUT2D eigenvalue weighted by molar-refractivity contribution is 6.42. The molecular formula is C22H18Cl2N6O2. The molecule has 0 aliphatic rings. The number of ether oxygens (including phenoxy) is 2. The van der Waals surface area contributed by atoms with Crippen molar-refractivity contribution in [2.45, 2.75) is 6.61 Å². The molecule has 1 heterocycles. The number of hydrogen-bond donors (Lipinski definition) is 1. The largest absolute Gasteiger partial charge is 0.493 e. The number of halogens is 2. The summed E-state index contributed by atoms with van der Waals surface area (Å²) in [4.78, 5) is 1.30. The van der Waals surface area contributed by atoms with Gasteiger partial charge in [0.1, 0.15) is 6.61 Å². The molecule has 1 aromatic heterocycles. The van der Waals surface area contributed by atoms with Crippen LogP contribution in [0.4, 0.5) is 11.6 Å². The maximum absolute atomic E-state index is 6.06. The molecule has 32 heavy (non-hydrogen) atoms. The van der Waals surface area contributed by atoms with Crippen molar-refractivity contribution in [1.82, 2.24) is 20.3 Å². The summed E-state index contributed by atoms with van der Waals surface area (Å²) in [6, 6.07) is 20.4. The smallest absolute Gasteiger partial charge is 0.269 e. The molecule has 0 unspecified atom stereocenters. The molecule has 0 radical (unpaired) electrons. The van der Waals surface area contributed by atoms with E-state index in [1.165, 1.54) is 4.79 Å². The first kappa shape index (κ1) is 21.6. The average molecular weight is 469 g/mol. The van der Waals surface area contributed by atoms with Crippen molar-refractivity contribution in [3.63, 3.8) is 0 Å². The lowest BCUT2D eigenvalue weighted by Crippen LogP contribution is -2.01. The number of methoxy groups -OCH3 is 1. The van der Waals surface area contributed by atoms with Crippen molar-refractivity contribution in [3.8, 4) is 11.5 Å². The zero-order valence-corrected chi connectivity index (χ0v) is 18.5. The molecule has 0 aliphatic heterocycles. The Morgan fingerprint density at radius 3 is 2.62 bits per heavy atom. The van der Waals surface area contributed by atoms with E-state index in [0.29, 0.717) is 34.1 Å². The van der Waals surface area contributed by atoms with Crippen molar-refractivity contribution in [3.05, 3.63) is 87.9 Å². The predicted molar refractivity (Wildman–Crippen MR) is 124 cm³/mol. The quantitative estimate of drug-likeness (QED) is 0.358. The molecule has 4 aromatic rings. The highest BCUT2D eigenvalue weighted by atomic mass is 35.5. The number of nitrogens with zero attached hydrogens (tertiary/aromatic N) is 5. The van der Waals surface area contributed by atoms with Crippen LogP contribution < -0.4 is 14.8 Å². The summed E-state index contributed by atoms with van der Waals surface area (Å²) in [5, 5.41) is 19.9. The fourth-order valence-corrected chi connectivity index (χ4v) is 3.10. The molecule has 0 saturated heterocycles. The van der Waals surface area contributed by atoms with E-state index < -0.39 is 0 Å². The summed E-state index contributed by atoms with van der Waals surface area (Å²) < 4.78 is 11.3. The van der Waals surface area contributed by atoms with E-state index in [2.05, 4.69) is 25.9 Å². The minimum Gasteiger partial charge on any atom is -0.493 e. The Morgan fingerprint density at radius 1 is 1.00 bits per heavy atom. The minimum atomic E-state index is 0.319. The Kier molecular flexibility index (Phi) is 6.84. The third-order valence-corrected chi connectivity index (χ3v) is 5.10. The number of tetrazole rings is 1. The van der Waals surface area contributed by atoms with E-state index in [-0.39, 0.29) is 0 Å². The molecule has 0 aliphatic carbocycles. The Hall–Kier alpha value is -3.62. The molecular weight excluding hydrogens is 451 g/mol. The van der Waals surface area contributed by atoms with E-state index in [4.69, 9.17) is 32.7 Å². The molecule has 0 spiro atoms. The van der Waals surface area contributed by atoms with Crippen LogP contribution in [-0.4, -0.2) is 33.6 Å². The maximum atomic E-state index is 6.06. The Morgan fingerprint density at radius 2 is 1.84 bits per heavy atom. The molecule has 3 aromatic carbocycles. The van der Waals surface area contributed by atoms with Crippen molar-refractivity contribution in [1.29, 1.82) is 0 Å². The van der Waals surface area contributed by atoms with Gasteiger partial charge in [-0.1, -0.05) is 57.4 Å². The van der Waals surface area contributed by atoms with Crippen LogP contribution in [0.5, 0.6) is 11.5 Å². The second-order valence-electron chi connectivity index (χ2n) is 6.57. The first-order chi connectivity index (χ1) is 15.6. The van der Waals surface area contributed by atoms with Gasteiger partial charge >= 0.3 is 0 Å². The summed E-state index contributed by atoms with van der Waals surface area (Å²) in [7, 11) is 1.57. The van der Waals surface area contributed by atoms with Crippen molar-refractivity contribution < 1.29 is 9.47 Å². The van der Waals surface area contributed by atoms with Crippen LogP contribution in [0.3, 0.4) is 0 Å². The van der Waals surface area contributed by atoms with Crippen molar-refractivity contribution in [2.75, 3.05) is 12.4 Å². The van der Waals surface area contributed by atoms with Crippen LogP contribution in [0.25, 0.3) is 0 Å². The Bertz CT molecular complexity index is 1230. The van der Waals surface area contributed by atoms with E-state index in [1.54, 1.807) is 31.5 Å². The molecule has 0 saturated carbocycles. The van der Waals surface area contributed by atoms with E-state index >= 15 is 0 Å². The van der Waals surface area contributed by atoms with Gasteiger partial charge in [-0.2, -0.15) is 5.10 Å². The molecule has 1 N–H and O–H groups in total. The summed E-state index contributed by atoms with van der Waals surface area (Å²) in [5.74, 6) is 1.54. The summed E-state index contributed by atoms with van der Waals surface area (Å²) in [5.41, 5.74) is 2.53. The fraction of sp³-hybridized carbons (Fsp3) is 0.0909. The van der Waals surface area contributed by atoms with Gasteiger partial charge in [0, 0.05) is 5.69 Å². The first-order valence-electron chi connectivity index (χ1n) is 9.52. The molecule has 162 valence electrons. The van der Waals surface area contributed by atoms with Crippen LogP contribution in [0.15, 0.2) is 71.8 Å². The lowest BCUT2D eigenvalue weighted by atomic mass is 10.2. The number of para-hydroxylation sites is 1. The zero-order chi connectivity index (χ0) is 22.3. The van der Waals surface area contributed by atoms with Gasteiger partial charge in [0.05, 0.1) is 23.4 Å². The molecule has 8 nitrogen and oxygen atoms in total. The first-order valence-corrected chi connectivity index (χ1v) is 10.3. The van der Waals surface area contributed by atoms with Crippen LogP contribution >= 0.6 is 23.2 Å².